The molecule has 1 saturated carbocycles. The molecule has 0 aliphatic heterocycles. The maximum absolute atomic E-state index is 12.4. The first-order valence-electron chi connectivity index (χ1n) is 10.1. The van der Waals surface area contributed by atoms with Crippen LogP contribution >= 0.6 is 27.3 Å². The maximum atomic E-state index is 12.4. The van der Waals surface area contributed by atoms with E-state index < -0.39 is 5.60 Å². The number of carbonyl (C=O) groups excluding carboxylic acids is 1. The zero-order valence-corrected chi connectivity index (χ0v) is 19.8. The number of alkyl carbamates (subject to hydrolysis) is 1. The van der Waals surface area contributed by atoms with Gasteiger partial charge in [-0.25, -0.2) is 9.78 Å². The zero-order valence-electron chi connectivity index (χ0n) is 17.4. The molecule has 1 aromatic heterocycles. The van der Waals surface area contributed by atoms with E-state index in [0.29, 0.717) is 0 Å². The number of ether oxygens (including phenoxy) is 1. The predicted molar refractivity (Wildman–Crippen MR) is 126 cm³/mol. The Bertz CT molecular complexity index is 1040. The summed E-state index contributed by atoms with van der Waals surface area (Å²) in [5.41, 5.74) is 3.44. The normalized spacial score (nSPS) is 15.3. The van der Waals surface area contributed by atoms with Crippen molar-refractivity contribution in [1.82, 2.24) is 10.3 Å². The number of benzene rings is 2. The molecule has 1 heterocycles. The first kappa shape index (κ1) is 21.1. The van der Waals surface area contributed by atoms with Crippen LogP contribution < -0.4 is 5.32 Å². The first-order valence-corrected chi connectivity index (χ1v) is 11.7. The van der Waals surface area contributed by atoms with Crippen molar-refractivity contribution in [3.63, 3.8) is 0 Å². The number of nitrogens with one attached hydrogen (secondary N) is 1. The number of thiazole rings is 1. The number of nitrogens with zero attached hydrogens (tertiary/aromatic N) is 1. The van der Waals surface area contributed by atoms with Crippen LogP contribution in [-0.4, -0.2) is 16.7 Å². The van der Waals surface area contributed by atoms with Gasteiger partial charge in [-0.2, -0.15) is 0 Å². The fourth-order valence-electron chi connectivity index (χ4n) is 3.74. The van der Waals surface area contributed by atoms with Gasteiger partial charge in [0.25, 0.3) is 0 Å². The third-order valence-corrected chi connectivity index (χ3v) is 6.85. The van der Waals surface area contributed by atoms with E-state index in [1.54, 1.807) is 11.3 Å². The van der Waals surface area contributed by atoms with Gasteiger partial charge < -0.3 is 10.1 Å². The first-order chi connectivity index (χ1) is 14.3. The second-order valence-corrected chi connectivity index (χ2v) is 10.9. The van der Waals surface area contributed by atoms with Gasteiger partial charge in [-0.15, -0.1) is 11.3 Å². The molecular weight excluding hydrogens is 460 g/mol. The molecule has 0 spiro atoms. The van der Waals surface area contributed by atoms with Crippen molar-refractivity contribution < 1.29 is 9.53 Å². The Balaban J connectivity index is 1.60. The van der Waals surface area contributed by atoms with Crippen LogP contribution in [0.2, 0.25) is 0 Å². The number of hydrogen-bond acceptors (Lipinski definition) is 4. The number of aromatic nitrogens is 1. The third-order valence-electron chi connectivity index (χ3n) is 5.30. The molecule has 0 unspecified atom stereocenters. The molecule has 0 bridgehead atoms. The van der Waals surface area contributed by atoms with E-state index in [1.165, 1.54) is 0 Å². The summed E-state index contributed by atoms with van der Waals surface area (Å²) in [4.78, 5) is 18.2. The molecule has 1 aliphatic rings. The number of halogens is 1. The summed E-state index contributed by atoms with van der Waals surface area (Å²) < 4.78 is 6.35. The van der Waals surface area contributed by atoms with Crippen molar-refractivity contribution in [2.45, 2.75) is 51.2 Å². The van der Waals surface area contributed by atoms with Crippen molar-refractivity contribution in [2.75, 3.05) is 0 Å². The second-order valence-electron chi connectivity index (χ2n) is 8.65. The number of amides is 1. The quantitative estimate of drug-likeness (QED) is 0.427. The van der Waals surface area contributed by atoms with Crippen LogP contribution in [0.3, 0.4) is 0 Å². The largest absolute Gasteiger partial charge is 0.444 e. The van der Waals surface area contributed by atoms with Crippen molar-refractivity contribution in [1.29, 1.82) is 0 Å². The molecule has 2 aromatic carbocycles. The van der Waals surface area contributed by atoms with Crippen molar-refractivity contribution >= 4 is 33.4 Å². The number of rotatable bonds is 4. The van der Waals surface area contributed by atoms with E-state index >= 15 is 0 Å². The van der Waals surface area contributed by atoms with E-state index in [1.807, 2.05) is 39.0 Å². The van der Waals surface area contributed by atoms with Gasteiger partial charge in [-0.05, 0) is 67.1 Å². The van der Waals surface area contributed by atoms with Crippen molar-refractivity contribution in [3.8, 4) is 21.7 Å². The zero-order chi connectivity index (χ0) is 21.4. The highest BCUT2D eigenvalue weighted by Gasteiger charge is 2.41. The average Bonchev–Trinajstić information content (AvgIpc) is 3.06. The average molecular weight is 485 g/mol. The molecule has 0 radical (unpaired) electrons. The van der Waals surface area contributed by atoms with Gasteiger partial charge >= 0.3 is 6.09 Å². The van der Waals surface area contributed by atoms with E-state index in [0.717, 1.165) is 50.4 Å². The lowest BCUT2D eigenvalue weighted by molar-refractivity contribution is 0.0377. The fraction of sp³-hybridized carbons (Fsp3) is 0.333. The highest BCUT2D eigenvalue weighted by Crippen LogP contribution is 2.43. The van der Waals surface area contributed by atoms with Crippen LogP contribution in [0.5, 0.6) is 0 Å². The van der Waals surface area contributed by atoms with Crippen molar-refractivity contribution in [3.05, 3.63) is 64.1 Å². The third kappa shape index (κ3) is 4.44. The molecule has 1 amide bonds. The van der Waals surface area contributed by atoms with Gasteiger partial charge in [0.15, 0.2) is 3.92 Å². The van der Waals surface area contributed by atoms with E-state index in [2.05, 4.69) is 57.6 Å². The smallest absolute Gasteiger partial charge is 0.408 e. The molecule has 0 atom stereocenters. The molecule has 0 saturated heterocycles. The highest BCUT2D eigenvalue weighted by atomic mass is 79.9. The van der Waals surface area contributed by atoms with Gasteiger partial charge in [0.1, 0.15) is 5.60 Å². The Morgan fingerprint density at radius 3 is 2.30 bits per heavy atom. The maximum Gasteiger partial charge on any atom is 0.408 e. The summed E-state index contributed by atoms with van der Waals surface area (Å²) in [5.74, 6) is 0. The molecule has 156 valence electrons. The van der Waals surface area contributed by atoms with Crippen LogP contribution in [0.25, 0.3) is 21.7 Å². The van der Waals surface area contributed by atoms with Gasteiger partial charge in [0.05, 0.1) is 16.1 Å². The molecule has 6 heteroatoms. The van der Waals surface area contributed by atoms with Crippen LogP contribution in [0, 0.1) is 0 Å². The van der Waals surface area contributed by atoms with E-state index in [9.17, 15) is 4.79 Å². The minimum absolute atomic E-state index is 0.341. The molecule has 1 fully saturated rings. The highest BCUT2D eigenvalue weighted by molar-refractivity contribution is 9.11. The van der Waals surface area contributed by atoms with E-state index in [4.69, 9.17) is 9.72 Å². The van der Waals surface area contributed by atoms with Gasteiger partial charge in [-0.3, -0.25) is 0 Å². The van der Waals surface area contributed by atoms with E-state index in [-0.39, 0.29) is 11.6 Å². The Morgan fingerprint density at radius 1 is 1.07 bits per heavy atom. The predicted octanol–water partition coefficient (Wildman–Crippen LogP) is 7.14. The standard InChI is InChI=1S/C24H25BrN2O2S/c1-23(2,3)29-22(28)27-24(14-7-15-24)18-12-10-16(11-13-18)19-20(30-21(25)26-19)17-8-5-4-6-9-17/h4-6,8-13H,7,14-15H2,1-3H3,(H,27,28). The minimum atomic E-state index is -0.509. The Morgan fingerprint density at radius 2 is 1.73 bits per heavy atom. The summed E-state index contributed by atoms with van der Waals surface area (Å²) in [6.07, 6.45) is 2.57. The summed E-state index contributed by atoms with van der Waals surface area (Å²) in [6.45, 7) is 5.64. The lowest BCUT2D eigenvalue weighted by Gasteiger charge is -2.43. The molecule has 4 nitrogen and oxygen atoms in total. The van der Waals surface area contributed by atoms with Crippen LogP contribution in [0.4, 0.5) is 4.79 Å². The van der Waals surface area contributed by atoms with Crippen LogP contribution in [0.1, 0.15) is 45.6 Å². The lowest BCUT2D eigenvalue weighted by atomic mass is 9.71. The fourth-order valence-corrected chi connectivity index (χ4v) is 5.22. The van der Waals surface area contributed by atoms with Gasteiger partial charge in [-0.1, -0.05) is 54.6 Å². The molecule has 30 heavy (non-hydrogen) atoms. The van der Waals surface area contributed by atoms with Gasteiger partial charge in [0, 0.05) is 5.56 Å². The molecule has 1 N–H and O–H groups in total. The van der Waals surface area contributed by atoms with Gasteiger partial charge in [0.2, 0.25) is 0 Å². The topological polar surface area (TPSA) is 51.2 Å². The lowest BCUT2D eigenvalue weighted by Crippen LogP contribution is -2.52. The SMILES string of the molecule is CC(C)(C)OC(=O)NC1(c2ccc(-c3nc(Br)sc3-c3ccccc3)cc2)CCC1. The molecule has 3 aromatic rings. The number of hydrogen-bond donors (Lipinski definition) is 1. The van der Waals surface area contributed by atoms with Crippen LogP contribution in [-0.2, 0) is 10.3 Å². The second kappa shape index (κ2) is 8.16. The molecule has 4 rings (SSSR count). The van der Waals surface area contributed by atoms with Crippen LogP contribution in [0.15, 0.2) is 58.5 Å². The van der Waals surface area contributed by atoms with Crippen molar-refractivity contribution in [2.24, 2.45) is 0 Å². The summed E-state index contributed by atoms with van der Waals surface area (Å²) >= 11 is 5.17. The monoisotopic (exact) mass is 484 g/mol. The Kier molecular flexibility index (Phi) is 5.73. The minimum Gasteiger partial charge on any atom is -0.444 e. The Hall–Kier alpha value is -2.18. The summed E-state index contributed by atoms with van der Waals surface area (Å²) in [6, 6.07) is 18.7. The number of carbonyl (C=O) groups is 1. The summed E-state index contributed by atoms with van der Waals surface area (Å²) in [7, 11) is 0. The molecular formula is C24H25BrN2O2S. The Labute approximate surface area is 189 Å². The molecule has 1 aliphatic carbocycles. The summed E-state index contributed by atoms with van der Waals surface area (Å²) in [5, 5.41) is 3.12.